The summed E-state index contributed by atoms with van der Waals surface area (Å²) < 4.78 is 1.30. The third kappa shape index (κ3) is 4.34. The van der Waals surface area contributed by atoms with Crippen LogP contribution in [0, 0.1) is 6.92 Å². The molecule has 0 aliphatic carbocycles. The van der Waals surface area contributed by atoms with E-state index in [9.17, 15) is 14.4 Å². The first-order valence-electron chi connectivity index (χ1n) is 8.11. The molecule has 0 unspecified atom stereocenters. The van der Waals surface area contributed by atoms with Crippen LogP contribution in [0.25, 0.3) is 10.6 Å². The number of nitrogens with one attached hydrogen (secondary N) is 2. The number of hydrogen-bond donors (Lipinski definition) is 2. The summed E-state index contributed by atoms with van der Waals surface area (Å²) in [7, 11) is 0. The van der Waals surface area contributed by atoms with Gasteiger partial charge in [-0.15, -0.1) is 11.3 Å². The molecule has 26 heavy (non-hydrogen) atoms. The van der Waals surface area contributed by atoms with E-state index in [1.54, 1.807) is 11.3 Å². The Morgan fingerprint density at radius 2 is 2.00 bits per heavy atom. The van der Waals surface area contributed by atoms with Crippen molar-refractivity contribution in [3.8, 4) is 10.6 Å². The van der Waals surface area contributed by atoms with Gasteiger partial charge in [-0.1, -0.05) is 30.3 Å². The summed E-state index contributed by atoms with van der Waals surface area (Å²) in [4.78, 5) is 42.4. The molecule has 1 aromatic carbocycles. The van der Waals surface area contributed by atoms with Crippen LogP contribution in [0.2, 0.25) is 0 Å². The Hall–Kier alpha value is -3.00. The summed E-state index contributed by atoms with van der Waals surface area (Å²) in [5.41, 5.74) is 0.975. The fourth-order valence-corrected chi connectivity index (χ4v) is 3.41. The Labute approximate surface area is 153 Å². The van der Waals surface area contributed by atoms with Crippen LogP contribution in [-0.2, 0) is 17.9 Å². The normalized spacial score (nSPS) is 10.7. The minimum absolute atomic E-state index is 0.148. The maximum Gasteiger partial charge on any atom is 0.328 e. The van der Waals surface area contributed by atoms with Gasteiger partial charge in [-0.25, -0.2) is 9.78 Å². The van der Waals surface area contributed by atoms with E-state index in [0.717, 1.165) is 21.1 Å². The van der Waals surface area contributed by atoms with Crippen molar-refractivity contribution in [2.24, 2.45) is 0 Å². The highest BCUT2D eigenvalue weighted by atomic mass is 32.1. The standard InChI is InChI=1S/C18H18N4O3S/c1-12-14(26-17(20-12)13-5-3-2-4-6-13)11-19-15(23)7-9-22-10-8-16(24)21-18(22)25/h2-6,8,10H,7,9,11H2,1H3,(H,19,23)(H,21,24,25). The van der Waals surface area contributed by atoms with Crippen LogP contribution in [0.15, 0.2) is 52.2 Å². The van der Waals surface area contributed by atoms with Gasteiger partial charge in [0.2, 0.25) is 5.91 Å². The van der Waals surface area contributed by atoms with Crippen LogP contribution < -0.4 is 16.6 Å². The number of aromatic amines is 1. The zero-order valence-electron chi connectivity index (χ0n) is 14.2. The number of thiazole rings is 1. The molecule has 0 fully saturated rings. The number of H-pyrrole nitrogens is 1. The van der Waals surface area contributed by atoms with Crippen molar-refractivity contribution >= 4 is 17.2 Å². The second kappa shape index (κ2) is 7.92. The van der Waals surface area contributed by atoms with Crippen molar-refractivity contribution in [3.05, 3.63) is 74.0 Å². The molecule has 0 radical (unpaired) electrons. The zero-order chi connectivity index (χ0) is 18.5. The van der Waals surface area contributed by atoms with Gasteiger partial charge in [0.05, 0.1) is 12.2 Å². The van der Waals surface area contributed by atoms with Crippen molar-refractivity contribution in [1.82, 2.24) is 19.9 Å². The summed E-state index contributed by atoms with van der Waals surface area (Å²) in [5.74, 6) is -0.169. The Bertz CT molecular complexity index is 1020. The van der Waals surface area contributed by atoms with Crippen LogP contribution in [0.5, 0.6) is 0 Å². The summed E-state index contributed by atoms with van der Waals surface area (Å²) in [6.07, 6.45) is 1.53. The Morgan fingerprint density at radius 3 is 2.73 bits per heavy atom. The number of hydrogen-bond acceptors (Lipinski definition) is 5. The molecule has 0 spiro atoms. The predicted molar refractivity (Wildman–Crippen MR) is 100 cm³/mol. The third-order valence-corrected chi connectivity index (χ3v) is 5.04. The third-order valence-electron chi connectivity index (χ3n) is 3.84. The van der Waals surface area contributed by atoms with Crippen LogP contribution in [0.3, 0.4) is 0 Å². The first-order chi connectivity index (χ1) is 12.5. The summed E-state index contributed by atoms with van der Waals surface area (Å²) in [5, 5.41) is 3.77. The first kappa shape index (κ1) is 17.8. The lowest BCUT2D eigenvalue weighted by Crippen LogP contribution is -2.31. The molecule has 0 aliphatic rings. The van der Waals surface area contributed by atoms with Gasteiger partial charge < -0.3 is 9.88 Å². The van der Waals surface area contributed by atoms with E-state index < -0.39 is 11.2 Å². The van der Waals surface area contributed by atoms with Gasteiger partial charge in [0.25, 0.3) is 5.56 Å². The van der Waals surface area contributed by atoms with Gasteiger partial charge in [0.15, 0.2) is 0 Å². The number of aromatic nitrogens is 3. The fraction of sp³-hybridized carbons (Fsp3) is 0.222. The van der Waals surface area contributed by atoms with Gasteiger partial charge in [-0.2, -0.15) is 0 Å². The van der Waals surface area contributed by atoms with Crippen LogP contribution >= 0.6 is 11.3 Å². The zero-order valence-corrected chi connectivity index (χ0v) is 15.0. The summed E-state index contributed by atoms with van der Waals surface area (Å²) in [6, 6.07) is 11.1. The van der Waals surface area contributed by atoms with E-state index in [0.29, 0.717) is 6.54 Å². The molecule has 0 bridgehead atoms. The lowest BCUT2D eigenvalue weighted by Gasteiger charge is -2.06. The van der Waals surface area contributed by atoms with Crippen molar-refractivity contribution in [2.75, 3.05) is 0 Å². The Morgan fingerprint density at radius 1 is 1.23 bits per heavy atom. The minimum atomic E-state index is -0.517. The van der Waals surface area contributed by atoms with Crippen molar-refractivity contribution in [3.63, 3.8) is 0 Å². The lowest BCUT2D eigenvalue weighted by atomic mass is 10.2. The largest absolute Gasteiger partial charge is 0.351 e. The van der Waals surface area contributed by atoms with E-state index in [4.69, 9.17) is 0 Å². The second-order valence-electron chi connectivity index (χ2n) is 5.72. The van der Waals surface area contributed by atoms with Gasteiger partial charge in [0, 0.05) is 35.7 Å². The van der Waals surface area contributed by atoms with E-state index in [-0.39, 0.29) is 18.9 Å². The van der Waals surface area contributed by atoms with Crippen molar-refractivity contribution in [2.45, 2.75) is 26.4 Å². The van der Waals surface area contributed by atoms with Crippen LogP contribution in [0.1, 0.15) is 17.0 Å². The number of carbonyl (C=O) groups excluding carboxylic acids is 1. The number of aryl methyl sites for hydroxylation is 2. The van der Waals surface area contributed by atoms with E-state index >= 15 is 0 Å². The van der Waals surface area contributed by atoms with Crippen LogP contribution in [-0.4, -0.2) is 20.4 Å². The van der Waals surface area contributed by atoms with Crippen molar-refractivity contribution in [1.29, 1.82) is 0 Å². The topological polar surface area (TPSA) is 96.8 Å². The maximum atomic E-state index is 12.0. The Balaban J connectivity index is 1.57. The molecule has 2 aromatic heterocycles. The highest BCUT2D eigenvalue weighted by Crippen LogP contribution is 2.27. The molecule has 0 aliphatic heterocycles. The highest BCUT2D eigenvalue weighted by molar-refractivity contribution is 7.15. The van der Waals surface area contributed by atoms with E-state index in [2.05, 4.69) is 15.3 Å². The van der Waals surface area contributed by atoms with E-state index in [1.165, 1.54) is 16.8 Å². The molecule has 0 saturated heterocycles. The van der Waals surface area contributed by atoms with Gasteiger partial charge in [0.1, 0.15) is 5.01 Å². The molecule has 0 atom stereocenters. The number of amides is 1. The molecule has 0 saturated carbocycles. The molecule has 3 aromatic rings. The fourth-order valence-electron chi connectivity index (χ4n) is 2.41. The molecule has 134 valence electrons. The lowest BCUT2D eigenvalue weighted by molar-refractivity contribution is -0.121. The average molecular weight is 370 g/mol. The SMILES string of the molecule is Cc1nc(-c2ccccc2)sc1CNC(=O)CCn1ccc(=O)[nH]c1=O. The summed E-state index contributed by atoms with van der Waals surface area (Å²) in [6.45, 7) is 2.53. The van der Waals surface area contributed by atoms with Crippen LogP contribution in [0.4, 0.5) is 0 Å². The Kier molecular flexibility index (Phi) is 5.43. The molecular formula is C18H18N4O3S. The molecular weight excluding hydrogens is 352 g/mol. The predicted octanol–water partition coefficient (Wildman–Crippen LogP) is 1.68. The number of benzene rings is 1. The molecule has 2 heterocycles. The first-order valence-corrected chi connectivity index (χ1v) is 8.93. The molecule has 2 N–H and O–H groups in total. The molecule has 8 heteroatoms. The highest BCUT2D eigenvalue weighted by Gasteiger charge is 2.10. The van der Waals surface area contributed by atoms with E-state index in [1.807, 2.05) is 37.3 Å². The average Bonchev–Trinajstić information content (AvgIpc) is 3.01. The summed E-state index contributed by atoms with van der Waals surface area (Å²) >= 11 is 1.55. The monoisotopic (exact) mass is 370 g/mol. The molecule has 1 amide bonds. The number of nitrogens with zero attached hydrogens (tertiary/aromatic N) is 2. The molecule has 7 nitrogen and oxygen atoms in total. The quantitative estimate of drug-likeness (QED) is 0.690. The smallest absolute Gasteiger partial charge is 0.328 e. The molecule has 3 rings (SSSR count). The second-order valence-corrected chi connectivity index (χ2v) is 6.81. The maximum absolute atomic E-state index is 12.0. The number of carbonyl (C=O) groups is 1. The van der Waals surface area contributed by atoms with Gasteiger partial charge in [-0.3, -0.25) is 14.6 Å². The van der Waals surface area contributed by atoms with Gasteiger partial charge >= 0.3 is 5.69 Å². The van der Waals surface area contributed by atoms with Gasteiger partial charge in [-0.05, 0) is 6.92 Å². The minimum Gasteiger partial charge on any atom is -0.351 e. The van der Waals surface area contributed by atoms with Crippen molar-refractivity contribution < 1.29 is 4.79 Å². The number of rotatable bonds is 6.